The summed E-state index contributed by atoms with van der Waals surface area (Å²) in [6.07, 6.45) is 1.27. The minimum Gasteiger partial charge on any atom is -0.355 e. The van der Waals surface area contributed by atoms with Crippen LogP contribution in [0.4, 0.5) is 13.2 Å². The van der Waals surface area contributed by atoms with Crippen molar-refractivity contribution in [2.24, 2.45) is 14.1 Å². The summed E-state index contributed by atoms with van der Waals surface area (Å²) in [5.74, 6) is -0.568. The molecule has 0 saturated carbocycles. The molecule has 0 spiro atoms. The van der Waals surface area contributed by atoms with Crippen molar-refractivity contribution in [1.29, 1.82) is 0 Å². The number of benzene rings is 2. The third kappa shape index (κ3) is 3.75. The minimum atomic E-state index is -5.82. The molecular weight excluding hydrogens is 459 g/mol. The zero-order valence-electron chi connectivity index (χ0n) is 18.1. The summed E-state index contributed by atoms with van der Waals surface area (Å²) < 4.78 is 67.9. The van der Waals surface area contributed by atoms with E-state index >= 15 is 0 Å². The lowest BCUT2D eigenvalue weighted by Gasteiger charge is -2.14. The second kappa shape index (κ2) is 7.62. The molecule has 0 aliphatic carbocycles. The summed E-state index contributed by atoms with van der Waals surface area (Å²) in [6.45, 7) is 4.04. The van der Waals surface area contributed by atoms with Gasteiger partial charge in [0.15, 0.2) is 0 Å². The van der Waals surface area contributed by atoms with Crippen LogP contribution in [0, 0.1) is 0 Å². The first-order valence-electron chi connectivity index (χ1n) is 9.91. The average molecular weight is 479 g/mol. The van der Waals surface area contributed by atoms with Crippen LogP contribution in [0.15, 0.2) is 47.4 Å². The van der Waals surface area contributed by atoms with Gasteiger partial charge in [0.05, 0.1) is 11.0 Å². The Morgan fingerprint density at radius 3 is 2.39 bits per heavy atom. The fraction of sp³-hybridized carbons (Fsp3) is 0.273. The Kier molecular flexibility index (Phi) is 5.27. The molecule has 2 heterocycles. The van der Waals surface area contributed by atoms with E-state index in [9.17, 15) is 26.4 Å². The molecule has 0 atom stereocenters. The standard InChI is InChI=1S/C22H20F3N3O4S/c1-12(2)16-8-14(9-18-20(16)28(4)21(29)27(18)3)15-7-5-6-13-10-19(26-11-17(13)15)32-33(30,31)22(23,24)25/h5-12H,1-4H3. The van der Waals surface area contributed by atoms with Gasteiger partial charge in [-0.25, -0.2) is 9.78 Å². The minimum absolute atomic E-state index is 0.112. The van der Waals surface area contributed by atoms with Gasteiger partial charge in [0.2, 0.25) is 5.88 Å². The maximum atomic E-state index is 12.6. The highest BCUT2D eigenvalue weighted by Crippen LogP contribution is 2.35. The number of nitrogens with zero attached hydrogens (tertiary/aromatic N) is 3. The van der Waals surface area contributed by atoms with E-state index in [4.69, 9.17) is 0 Å². The van der Waals surface area contributed by atoms with Crippen LogP contribution in [0.1, 0.15) is 25.3 Å². The zero-order chi connectivity index (χ0) is 24.3. The van der Waals surface area contributed by atoms with Gasteiger partial charge >= 0.3 is 21.3 Å². The number of aryl methyl sites for hydroxylation is 2. The smallest absolute Gasteiger partial charge is 0.355 e. The molecule has 0 unspecified atom stereocenters. The summed E-state index contributed by atoms with van der Waals surface area (Å²) in [6, 6.07) is 10.1. The van der Waals surface area contributed by atoms with Crippen LogP contribution in [0.5, 0.6) is 5.88 Å². The molecule has 11 heteroatoms. The first-order chi connectivity index (χ1) is 15.3. The molecule has 4 rings (SSSR count). The van der Waals surface area contributed by atoms with Crippen molar-refractivity contribution in [1.82, 2.24) is 14.1 Å². The van der Waals surface area contributed by atoms with E-state index in [0.717, 1.165) is 33.8 Å². The molecule has 33 heavy (non-hydrogen) atoms. The highest BCUT2D eigenvalue weighted by Gasteiger charge is 2.48. The molecule has 0 radical (unpaired) electrons. The Morgan fingerprint density at radius 2 is 1.76 bits per heavy atom. The van der Waals surface area contributed by atoms with Gasteiger partial charge in [0, 0.05) is 31.7 Å². The molecule has 0 N–H and O–H groups in total. The maximum absolute atomic E-state index is 12.6. The van der Waals surface area contributed by atoms with Gasteiger partial charge in [-0.2, -0.15) is 21.6 Å². The number of rotatable bonds is 4. The predicted molar refractivity (Wildman–Crippen MR) is 119 cm³/mol. The zero-order valence-corrected chi connectivity index (χ0v) is 19.0. The van der Waals surface area contributed by atoms with Gasteiger partial charge < -0.3 is 4.18 Å². The lowest BCUT2D eigenvalue weighted by Crippen LogP contribution is -2.28. The van der Waals surface area contributed by atoms with Crippen molar-refractivity contribution in [3.8, 4) is 17.0 Å². The van der Waals surface area contributed by atoms with Gasteiger partial charge in [-0.05, 0) is 40.1 Å². The summed E-state index contributed by atoms with van der Waals surface area (Å²) >= 11 is 0. The third-order valence-corrected chi connectivity index (χ3v) is 6.50. The number of fused-ring (bicyclic) bond motifs is 2. The lowest BCUT2D eigenvalue weighted by atomic mass is 9.93. The van der Waals surface area contributed by atoms with Gasteiger partial charge in [-0.3, -0.25) is 9.13 Å². The summed E-state index contributed by atoms with van der Waals surface area (Å²) in [5.41, 5.74) is -1.67. The number of aromatic nitrogens is 3. The summed E-state index contributed by atoms with van der Waals surface area (Å²) in [4.78, 5) is 16.3. The van der Waals surface area contributed by atoms with Crippen LogP contribution in [0.25, 0.3) is 32.9 Å². The fourth-order valence-corrected chi connectivity index (χ4v) is 4.30. The molecule has 0 saturated heterocycles. The van der Waals surface area contributed by atoms with E-state index in [1.165, 1.54) is 6.20 Å². The Morgan fingerprint density at radius 1 is 1.06 bits per heavy atom. The predicted octanol–water partition coefficient (Wildman–Crippen LogP) is 4.44. The van der Waals surface area contributed by atoms with Crippen LogP contribution in [0.3, 0.4) is 0 Å². The number of hydrogen-bond acceptors (Lipinski definition) is 5. The quantitative estimate of drug-likeness (QED) is 0.319. The van der Waals surface area contributed by atoms with Crippen LogP contribution in [-0.2, 0) is 24.2 Å². The van der Waals surface area contributed by atoms with E-state index in [2.05, 4.69) is 9.17 Å². The van der Waals surface area contributed by atoms with E-state index in [-0.39, 0.29) is 11.6 Å². The van der Waals surface area contributed by atoms with Crippen molar-refractivity contribution >= 4 is 31.9 Å². The molecular formula is C22H20F3N3O4S. The molecule has 0 fully saturated rings. The Bertz CT molecular complexity index is 1570. The van der Waals surface area contributed by atoms with Gasteiger partial charge in [-0.15, -0.1) is 0 Å². The van der Waals surface area contributed by atoms with E-state index in [0.29, 0.717) is 10.8 Å². The number of imidazole rings is 1. The monoisotopic (exact) mass is 479 g/mol. The Labute approximate surface area is 187 Å². The molecule has 0 bridgehead atoms. The molecule has 7 nitrogen and oxygen atoms in total. The van der Waals surface area contributed by atoms with Crippen molar-refractivity contribution in [2.45, 2.75) is 25.3 Å². The van der Waals surface area contributed by atoms with Gasteiger partial charge in [-0.1, -0.05) is 32.0 Å². The normalized spacial score (nSPS) is 12.7. The first kappa shape index (κ1) is 22.8. The summed E-state index contributed by atoms with van der Waals surface area (Å²) in [7, 11) is -2.42. The highest BCUT2D eigenvalue weighted by molar-refractivity contribution is 7.87. The maximum Gasteiger partial charge on any atom is 0.534 e. The van der Waals surface area contributed by atoms with Crippen LogP contribution >= 0.6 is 0 Å². The molecule has 174 valence electrons. The highest BCUT2D eigenvalue weighted by atomic mass is 32.2. The van der Waals surface area contributed by atoms with Crippen LogP contribution in [-0.4, -0.2) is 28.0 Å². The molecule has 0 aliphatic heterocycles. The number of halogens is 3. The van der Waals surface area contributed by atoms with Crippen molar-refractivity contribution in [3.05, 3.63) is 58.6 Å². The Balaban J connectivity index is 1.91. The molecule has 0 amide bonds. The fourth-order valence-electron chi connectivity index (χ4n) is 3.89. The third-order valence-electron chi connectivity index (χ3n) is 5.54. The number of hydrogen-bond donors (Lipinski definition) is 0. The van der Waals surface area contributed by atoms with E-state index in [1.807, 2.05) is 32.0 Å². The van der Waals surface area contributed by atoms with Gasteiger partial charge in [0.25, 0.3) is 0 Å². The van der Waals surface area contributed by atoms with E-state index < -0.39 is 21.5 Å². The number of alkyl halides is 3. The SMILES string of the molecule is CC(C)c1cc(-c2cccc3cc(OS(=O)(=O)C(F)(F)F)ncc23)cc2c1n(C)c(=O)n2C. The van der Waals surface area contributed by atoms with Crippen LogP contribution < -0.4 is 9.87 Å². The molecule has 4 aromatic rings. The average Bonchev–Trinajstić information content (AvgIpc) is 2.95. The van der Waals surface area contributed by atoms with E-state index in [1.54, 1.807) is 35.4 Å². The van der Waals surface area contributed by atoms with Crippen molar-refractivity contribution < 1.29 is 25.8 Å². The molecule has 0 aliphatic rings. The second-order valence-corrected chi connectivity index (χ2v) is 9.56. The topological polar surface area (TPSA) is 83.2 Å². The molecule has 2 aromatic carbocycles. The number of pyridine rings is 1. The second-order valence-electron chi connectivity index (χ2n) is 8.02. The Hall–Kier alpha value is -3.34. The van der Waals surface area contributed by atoms with Gasteiger partial charge in [0.1, 0.15) is 0 Å². The summed E-state index contributed by atoms with van der Waals surface area (Å²) in [5, 5.41) is 1.03. The first-order valence-corrected chi connectivity index (χ1v) is 11.3. The van der Waals surface area contributed by atoms with Crippen LogP contribution in [0.2, 0.25) is 0 Å². The van der Waals surface area contributed by atoms with Crippen molar-refractivity contribution in [2.75, 3.05) is 0 Å². The lowest BCUT2D eigenvalue weighted by molar-refractivity contribution is -0.0501. The van der Waals surface area contributed by atoms with Crippen molar-refractivity contribution in [3.63, 3.8) is 0 Å². The largest absolute Gasteiger partial charge is 0.534 e. The molecule has 2 aromatic heterocycles.